The van der Waals surface area contributed by atoms with Gasteiger partial charge in [-0.15, -0.1) is 0 Å². The van der Waals surface area contributed by atoms with Gasteiger partial charge in [-0.3, -0.25) is 14.9 Å². The Morgan fingerprint density at radius 1 is 1.14 bits per heavy atom. The van der Waals surface area contributed by atoms with Crippen LogP contribution < -0.4 is 5.32 Å². The van der Waals surface area contributed by atoms with E-state index in [2.05, 4.69) is 41.5 Å². The van der Waals surface area contributed by atoms with E-state index in [0.717, 1.165) is 18.7 Å². The highest BCUT2D eigenvalue weighted by Gasteiger charge is 2.39. The summed E-state index contributed by atoms with van der Waals surface area (Å²) in [6, 6.07) is 8.48. The highest BCUT2D eigenvalue weighted by molar-refractivity contribution is 6.03. The largest absolute Gasteiger partial charge is 0.306 e. The lowest BCUT2D eigenvalue weighted by Gasteiger charge is -2.33. The van der Waals surface area contributed by atoms with Gasteiger partial charge in [0.25, 0.3) is 0 Å². The molecule has 0 saturated carbocycles. The SMILES string of the molecule is CN1CCC(c2ccc(C3(C)CCC(=O)NC3=O)cc2)CC1. The number of likely N-dealkylation sites (tertiary alicyclic amines) is 1. The highest BCUT2D eigenvalue weighted by atomic mass is 16.2. The van der Waals surface area contributed by atoms with Gasteiger partial charge in [0.2, 0.25) is 11.8 Å². The van der Waals surface area contributed by atoms with E-state index in [1.807, 2.05) is 6.92 Å². The zero-order valence-corrected chi connectivity index (χ0v) is 13.4. The van der Waals surface area contributed by atoms with Crippen LogP contribution in [-0.4, -0.2) is 36.9 Å². The van der Waals surface area contributed by atoms with Crippen molar-refractivity contribution in [2.45, 2.75) is 43.9 Å². The number of imide groups is 1. The predicted octanol–water partition coefficient (Wildman–Crippen LogP) is 2.19. The van der Waals surface area contributed by atoms with Crippen molar-refractivity contribution in [1.82, 2.24) is 10.2 Å². The minimum Gasteiger partial charge on any atom is -0.306 e. The Morgan fingerprint density at radius 3 is 2.36 bits per heavy atom. The average Bonchev–Trinajstić information content (AvgIpc) is 2.52. The van der Waals surface area contributed by atoms with E-state index in [9.17, 15) is 9.59 Å². The molecule has 2 fully saturated rings. The highest BCUT2D eigenvalue weighted by Crippen LogP contribution is 2.34. The van der Waals surface area contributed by atoms with Gasteiger partial charge in [-0.25, -0.2) is 0 Å². The second-order valence-corrected chi connectivity index (χ2v) is 6.91. The van der Waals surface area contributed by atoms with Crippen LogP contribution in [-0.2, 0) is 15.0 Å². The van der Waals surface area contributed by atoms with Crippen molar-refractivity contribution < 1.29 is 9.59 Å². The quantitative estimate of drug-likeness (QED) is 0.852. The Balaban J connectivity index is 1.76. The van der Waals surface area contributed by atoms with Crippen LogP contribution in [0.4, 0.5) is 0 Å². The number of nitrogens with one attached hydrogen (secondary N) is 1. The maximum Gasteiger partial charge on any atom is 0.236 e. The van der Waals surface area contributed by atoms with Crippen LogP contribution in [0.5, 0.6) is 0 Å². The second-order valence-electron chi connectivity index (χ2n) is 6.91. The van der Waals surface area contributed by atoms with Gasteiger partial charge < -0.3 is 4.90 Å². The Labute approximate surface area is 131 Å². The molecule has 2 amide bonds. The fourth-order valence-electron chi connectivity index (χ4n) is 3.54. The molecule has 1 N–H and O–H groups in total. The molecule has 0 aromatic heterocycles. The third-order valence-electron chi connectivity index (χ3n) is 5.34. The summed E-state index contributed by atoms with van der Waals surface area (Å²) in [4.78, 5) is 25.9. The fraction of sp³-hybridized carbons (Fsp3) is 0.556. The lowest BCUT2D eigenvalue weighted by Crippen LogP contribution is -2.49. The molecule has 0 bridgehead atoms. The molecule has 2 saturated heterocycles. The number of hydrogen-bond donors (Lipinski definition) is 1. The van der Waals surface area contributed by atoms with Gasteiger partial charge in [0.1, 0.15) is 0 Å². The minimum atomic E-state index is -0.584. The Morgan fingerprint density at radius 2 is 1.77 bits per heavy atom. The molecule has 2 heterocycles. The molecule has 1 atom stereocenters. The van der Waals surface area contributed by atoms with Crippen LogP contribution in [0.25, 0.3) is 0 Å². The van der Waals surface area contributed by atoms with Crippen LogP contribution in [0.3, 0.4) is 0 Å². The van der Waals surface area contributed by atoms with Crippen molar-refractivity contribution in [3.8, 4) is 0 Å². The Kier molecular flexibility index (Phi) is 4.04. The van der Waals surface area contributed by atoms with Crippen molar-refractivity contribution in [3.63, 3.8) is 0 Å². The second kappa shape index (κ2) is 5.84. The maximum atomic E-state index is 12.2. The molecular formula is C18H24N2O2. The van der Waals surface area contributed by atoms with Gasteiger partial charge in [0.05, 0.1) is 5.41 Å². The van der Waals surface area contributed by atoms with Crippen molar-refractivity contribution in [2.24, 2.45) is 0 Å². The monoisotopic (exact) mass is 300 g/mol. The lowest BCUT2D eigenvalue weighted by atomic mass is 9.75. The summed E-state index contributed by atoms with van der Waals surface area (Å²) >= 11 is 0. The normalized spacial score (nSPS) is 27.7. The van der Waals surface area contributed by atoms with Gasteiger partial charge in [-0.1, -0.05) is 24.3 Å². The van der Waals surface area contributed by atoms with Gasteiger partial charge >= 0.3 is 0 Å². The molecule has 0 spiro atoms. The first kappa shape index (κ1) is 15.2. The molecule has 4 nitrogen and oxygen atoms in total. The summed E-state index contributed by atoms with van der Waals surface area (Å²) < 4.78 is 0. The number of carbonyl (C=O) groups is 2. The van der Waals surface area contributed by atoms with Crippen molar-refractivity contribution in [3.05, 3.63) is 35.4 Å². The van der Waals surface area contributed by atoms with Crippen molar-refractivity contribution in [1.29, 1.82) is 0 Å². The standard InChI is InChI=1S/C18H24N2O2/c1-18(10-7-16(21)19-17(18)22)15-5-3-13(4-6-15)14-8-11-20(2)12-9-14/h3-6,14H,7-12H2,1-2H3,(H,19,21,22). The summed E-state index contributed by atoms with van der Waals surface area (Å²) in [6.45, 7) is 4.22. The van der Waals surface area contributed by atoms with Gasteiger partial charge in [-0.2, -0.15) is 0 Å². The third-order valence-corrected chi connectivity index (χ3v) is 5.34. The number of amides is 2. The molecule has 1 aromatic carbocycles. The number of piperidine rings is 2. The summed E-state index contributed by atoms with van der Waals surface area (Å²) in [5.74, 6) is 0.293. The molecule has 1 unspecified atom stereocenters. The zero-order chi connectivity index (χ0) is 15.7. The number of benzene rings is 1. The molecule has 2 aliphatic rings. The first-order valence-electron chi connectivity index (χ1n) is 8.12. The van der Waals surface area contributed by atoms with Crippen LogP contribution >= 0.6 is 0 Å². The van der Waals surface area contributed by atoms with E-state index in [1.165, 1.54) is 18.4 Å². The predicted molar refractivity (Wildman–Crippen MR) is 85.6 cm³/mol. The summed E-state index contributed by atoms with van der Waals surface area (Å²) in [7, 11) is 2.17. The molecule has 118 valence electrons. The van der Waals surface area contributed by atoms with Gasteiger partial charge in [0, 0.05) is 6.42 Å². The lowest BCUT2D eigenvalue weighted by molar-refractivity contribution is -0.137. The third kappa shape index (κ3) is 2.80. The van der Waals surface area contributed by atoms with Crippen molar-refractivity contribution in [2.75, 3.05) is 20.1 Å². The minimum absolute atomic E-state index is 0.162. The zero-order valence-electron chi connectivity index (χ0n) is 13.4. The van der Waals surface area contributed by atoms with E-state index >= 15 is 0 Å². The first-order chi connectivity index (χ1) is 10.5. The number of rotatable bonds is 2. The molecule has 3 rings (SSSR count). The summed E-state index contributed by atoms with van der Waals surface area (Å²) in [6.07, 6.45) is 3.40. The van der Waals surface area contributed by atoms with E-state index in [0.29, 0.717) is 18.8 Å². The van der Waals surface area contributed by atoms with Crippen molar-refractivity contribution >= 4 is 11.8 Å². The first-order valence-corrected chi connectivity index (χ1v) is 8.12. The molecular weight excluding hydrogens is 276 g/mol. The topological polar surface area (TPSA) is 49.4 Å². The van der Waals surface area contributed by atoms with E-state index in [-0.39, 0.29) is 11.8 Å². The Hall–Kier alpha value is -1.68. The van der Waals surface area contributed by atoms with Gasteiger partial charge in [-0.05, 0) is 63.4 Å². The van der Waals surface area contributed by atoms with Crippen LogP contribution in [0.2, 0.25) is 0 Å². The summed E-state index contributed by atoms with van der Waals surface area (Å²) in [5.41, 5.74) is 1.79. The molecule has 0 aliphatic carbocycles. The van der Waals surface area contributed by atoms with Crippen LogP contribution in [0.15, 0.2) is 24.3 Å². The van der Waals surface area contributed by atoms with Crippen LogP contribution in [0, 0.1) is 0 Å². The van der Waals surface area contributed by atoms with Gasteiger partial charge in [0.15, 0.2) is 0 Å². The van der Waals surface area contributed by atoms with Crippen LogP contribution in [0.1, 0.15) is 49.7 Å². The molecule has 1 aromatic rings. The van der Waals surface area contributed by atoms with E-state index in [4.69, 9.17) is 0 Å². The smallest absolute Gasteiger partial charge is 0.236 e. The average molecular weight is 300 g/mol. The number of carbonyl (C=O) groups excluding carboxylic acids is 2. The number of hydrogen-bond acceptors (Lipinski definition) is 3. The Bertz CT molecular complexity index is 573. The molecule has 2 aliphatic heterocycles. The number of nitrogens with zero attached hydrogens (tertiary/aromatic N) is 1. The molecule has 22 heavy (non-hydrogen) atoms. The summed E-state index contributed by atoms with van der Waals surface area (Å²) in [5, 5.41) is 2.47. The van der Waals surface area contributed by atoms with E-state index in [1.54, 1.807) is 0 Å². The maximum absolute atomic E-state index is 12.2. The molecule has 0 radical (unpaired) electrons. The van der Waals surface area contributed by atoms with E-state index < -0.39 is 5.41 Å². The molecule has 4 heteroatoms. The fourth-order valence-corrected chi connectivity index (χ4v) is 3.54.